The van der Waals surface area contributed by atoms with Gasteiger partial charge in [0.25, 0.3) is 0 Å². The van der Waals surface area contributed by atoms with Crippen LogP contribution in [0.15, 0.2) is 54.7 Å². The maximum Gasteiger partial charge on any atom is 0.229 e. The van der Waals surface area contributed by atoms with E-state index in [0.29, 0.717) is 17.4 Å². The van der Waals surface area contributed by atoms with Gasteiger partial charge in [0.1, 0.15) is 11.6 Å². The van der Waals surface area contributed by atoms with E-state index in [4.69, 9.17) is 4.98 Å². The molecule has 1 aromatic heterocycles. The summed E-state index contributed by atoms with van der Waals surface area (Å²) in [5.74, 6) is 0.835. The van der Waals surface area contributed by atoms with Gasteiger partial charge in [-0.15, -0.1) is 0 Å². The molecule has 1 aliphatic carbocycles. The summed E-state index contributed by atoms with van der Waals surface area (Å²) < 4.78 is 13.1. The Hall–Kier alpha value is -3.28. The van der Waals surface area contributed by atoms with Crippen LogP contribution in [0.25, 0.3) is 11.3 Å². The monoisotopic (exact) mass is 433 g/mol. The number of aromatic hydroxyl groups is 1. The van der Waals surface area contributed by atoms with E-state index in [2.05, 4.69) is 10.3 Å². The predicted molar refractivity (Wildman–Crippen MR) is 123 cm³/mol. The first-order chi connectivity index (χ1) is 15.6. The zero-order valence-electron chi connectivity index (χ0n) is 18.1. The third-order valence-electron chi connectivity index (χ3n) is 6.06. The molecule has 0 aliphatic heterocycles. The van der Waals surface area contributed by atoms with Crippen molar-refractivity contribution in [3.63, 3.8) is 0 Å². The van der Waals surface area contributed by atoms with Gasteiger partial charge in [-0.2, -0.15) is 0 Å². The first kappa shape index (κ1) is 21.9. The lowest BCUT2D eigenvalue weighted by Crippen LogP contribution is -2.18. The van der Waals surface area contributed by atoms with Gasteiger partial charge in [0.05, 0.1) is 24.0 Å². The molecule has 0 radical (unpaired) electrons. The molecule has 1 saturated carbocycles. The highest BCUT2D eigenvalue weighted by Crippen LogP contribution is 2.29. The highest BCUT2D eigenvalue weighted by Gasteiger charge is 2.17. The summed E-state index contributed by atoms with van der Waals surface area (Å²) in [5, 5.41) is 12.5. The molecule has 166 valence electrons. The molecule has 6 heteroatoms. The topological polar surface area (TPSA) is 75.1 Å². The number of aryl methyl sites for hydroxylation is 1. The van der Waals surface area contributed by atoms with Crippen LogP contribution in [0.2, 0.25) is 0 Å². The van der Waals surface area contributed by atoms with Gasteiger partial charge in [-0.25, -0.2) is 14.4 Å². The molecular formula is C26H28FN3O2. The maximum absolute atomic E-state index is 13.1. The largest absolute Gasteiger partial charge is 0.508 e. The number of benzene rings is 2. The Balaban J connectivity index is 1.52. The summed E-state index contributed by atoms with van der Waals surface area (Å²) >= 11 is 0. The summed E-state index contributed by atoms with van der Waals surface area (Å²) in [7, 11) is 0. The number of anilines is 1. The molecule has 0 spiro atoms. The average molecular weight is 434 g/mol. The van der Waals surface area contributed by atoms with Crippen LogP contribution in [0, 0.1) is 11.7 Å². The van der Waals surface area contributed by atoms with E-state index in [1.165, 1.54) is 44.2 Å². The van der Waals surface area contributed by atoms with Gasteiger partial charge in [-0.1, -0.05) is 44.2 Å². The number of nitrogens with zero attached hydrogens (tertiary/aromatic N) is 2. The number of carbonyl (C=O) groups is 1. The molecular weight excluding hydrogens is 405 g/mol. The van der Waals surface area contributed by atoms with E-state index in [9.17, 15) is 14.3 Å². The Morgan fingerprint density at radius 2 is 1.75 bits per heavy atom. The van der Waals surface area contributed by atoms with Gasteiger partial charge in [0, 0.05) is 5.56 Å². The smallest absolute Gasteiger partial charge is 0.229 e. The fourth-order valence-electron chi connectivity index (χ4n) is 4.26. The minimum absolute atomic E-state index is 0.143. The Morgan fingerprint density at radius 1 is 1.03 bits per heavy atom. The number of amides is 1. The van der Waals surface area contributed by atoms with Crippen LogP contribution in [-0.4, -0.2) is 21.0 Å². The molecule has 1 aliphatic rings. The number of rotatable bonds is 7. The zero-order valence-corrected chi connectivity index (χ0v) is 18.1. The number of halogens is 1. The molecule has 0 unspecified atom stereocenters. The second-order valence-corrected chi connectivity index (χ2v) is 8.49. The quantitative estimate of drug-likeness (QED) is 0.502. The molecule has 0 bridgehead atoms. The Morgan fingerprint density at radius 3 is 2.47 bits per heavy atom. The van der Waals surface area contributed by atoms with Crippen LogP contribution in [0.1, 0.15) is 49.8 Å². The third-order valence-corrected chi connectivity index (χ3v) is 6.06. The first-order valence-corrected chi connectivity index (χ1v) is 11.3. The van der Waals surface area contributed by atoms with Gasteiger partial charge >= 0.3 is 0 Å². The highest BCUT2D eigenvalue weighted by molar-refractivity contribution is 5.92. The number of hydrogen-bond acceptors (Lipinski definition) is 4. The molecule has 2 aromatic carbocycles. The van der Waals surface area contributed by atoms with Crippen LogP contribution in [0.4, 0.5) is 10.2 Å². The summed E-state index contributed by atoms with van der Waals surface area (Å²) in [5.41, 5.74) is 3.08. The van der Waals surface area contributed by atoms with Crippen LogP contribution >= 0.6 is 0 Å². The lowest BCUT2D eigenvalue weighted by Gasteiger charge is -2.21. The SMILES string of the molecule is O=C(Cc1ccc(F)cc1)Nc1ncc(-c2ccc(O)cc2)nc1CCC1CCCCC1. The zero-order chi connectivity index (χ0) is 22.3. The summed E-state index contributed by atoms with van der Waals surface area (Å²) in [6.45, 7) is 0. The van der Waals surface area contributed by atoms with E-state index in [1.807, 2.05) is 0 Å². The van der Waals surface area contributed by atoms with E-state index in [-0.39, 0.29) is 23.9 Å². The Labute approximate surface area is 187 Å². The Kier molecular flexibility index (Phi) is 7.10. The van der Waals surface area contributed by atoms with Gasteiger partial charge in [0.2, 0.25) is 5.91 Å². The number of phenols is 1. The van der Waals surface area contributed by atoms with Crippen molar-refractivity contribution < 1.29 is 14.3 Å². The summed E-state index contributed by atoms with van der Waals surface area (Å²) in [6.07, 6.45) is 9.93. The van der Waals surface area contributed by atoms with Crippen LogP contribution in [-0.2, 0) is 17.6 Å². The second-order valence-electron chi connectivity index (χ2n) is 8.49. The van der Waals surface area contributed by atoms with Crippen LogP contribution in [0.3, 0.4) is 0 Å². The molecule has 2 N–H and O–H groups in total. The van der Waals surface area contributed by atoms with Gasteiger partial charge in [0.15, 0.2) is 5.82 Å². The molecule has 0 saturated heterocycles. The van der Waals surface area contributed by atoms with Crippen molar-refractivity contribution in [3.05, 3.63) is 71.8 Å². The van der Waals surface area contributed by atoms with Crippen LogP contribution in [0.5, 0.6) is 5.75 Å². The lowest BCUT2D eigenvalue weighted by atomic mass is 9.86. The summed E-state index contributed by atoms with van der Waals surface area (Å²) in [4.78, 5) is 22.0. The van der Waals surface area contributed by atoms with Gasteiger partial charge < -0.3 is 10.4 Å². The van der Waals surface area contributed by atoms with E-state index >= 15 is 0 Å². The molecule has 1 amide bonds. The fraction of sp³-hybridized carbons (Fsp3) is 0.346. The number of aromatic nitrogens is 2. The van der Waals surface area contributed by atoms with Crippen molar-refractivity contribution in [2.45, 2.75) is 51.4 Å². The predicted octanol–water partition coefficient (Wildman–Crippen LogP) is 5.68. The standard InChI is InChI=1S/C26H28FN3O2/c27-21-11-6-19(7-12-21)16-25(32)30-26-23(15-8-18-4-2-1-3-5-18)29-24(17-28-26)20-9-13-22(31)14-10-20/h6-7,9-14,17-18,31H,1-5,8,15-16H2,(H,28,30,32). The molecule has 1 fully saturated rings. The summed E-state index contributed by atoms with van der Waals surface area (Å²) in [6, 6.07) is 12.8. The fourth-order valence-corrected chi connectivity index (χ4v) is 4.26. The molecule has 4 rings (SSSR count). The normalized spacial score (nSPS) is 14.3. The number of carbonyl (C=O) groups excluding carboxylic acids is 1. The number of phenolic OH excluding ortho intramolecular Hbond substituents is 1. The third kappa shape index (κ3) is 5.90. The van der Waals surface area contributed by atoms with Crippen LogP contribution < -0.4 is 5.32 Å². The minimum Gasteiger partial charge on any atom is -0.508 e. The van der Waals surface area contributed by atoms with E-state index in [0.717, 1.165) is 29.7 Å². The second kappa shape index (κ2) is 10.4. The highest BCUT2D eigenvalue weighted by atomic mass is 19.1. The molecule has 5 nitrogen and oxygen atoms in total. The number of hydrogen-bond donors (Lipinski definition) is 2. The van der Waals surface area contributed by atoms with E-state index < -0.39 is 0 Å². The van der Waals surface area contributed by atoms with E-state index in [1.54, 1.807) is 42.6 Å². The minimum atomic E-state index is -0.324. The molecule has 32 heavy (non-hydrogen) atoms. The van der Waals surface area contributed by atoms with Gasteiger partial charge in [-0.3, -0.25) is 4.79 Å². The average Bonchev–Trinajstić information content (AvgIpc) is 2.81. The lowest BCUT2D eigenvalue weighted by molar-refractivity contribution is -0.115. The maximum atomic E-state index is 13.1. The molecule has 3 aromatic rings. The van der Waals surface area contributed by atoms with Crippen molar-refractivity contribution >= 4 is 11.7 Å². The first-order valence-electron chi connectivity index (χ1n) is 11.3. The molecule has 1 heterocycles. The van der Waals surface area contributed by atoms with Crippen molar-refractivity contribution in [2.75, 3.05) is 5.32 Å². The van der Waals surface area contributed by atoms with Crippen molar-refractivity contribution in [1.82, 2.24) is 9.97 Å². The van der Waals surface area contributed by atoms with Crippen molar-refractivity contribution in [3.8, 4) is 17.0 Å². The molecule has 0 atom stereocenters. The van der Waals surface area contributed by atoms with Crippen molar-refractivity contribution in [2.24, 2.45) is 5.92 Å². The van der Waals surface area contributed by atoms with Crippen molar-refractivity contribution in [1.29, 1.82) is 0 Å². The van der Waals surface area contributed by atoms with Gasteiger partial charge in [-0.05, 0) is 60.7 Å². The number of nitrogens with one attached hydrogen (secondary N) is 1. The Bertz CT molecular complexity index is 1050.